The van der Waals surface area contributed by atoms with E-state index in [1.165, 1.54) is 12.1 Å². The summed E-state index contributed by atoms with van der Waals surface area (Å²) in [5.74, 6) is -0.763. The third kappa shape index (κ3) is 4.14. The van der Waals surface area contributed by atoms with E-state index < -0.39 is 15.8 Å². The van der Waals surface area contributed by atoms with Gasteiger partial charge in [-0.15, -0.1) is 0 Å². The number of anilines is 1. The molecule has 21 heavy (non-hydrogen) atoms. The van der Waals surface area contributed by atoms with Crippen molar-refractivity contribution in [2.24, 2.45) is 0 Å². The molecule has 0 spiro atoms. The van der Waals surface area contributed by atoms with E-state index in [0.29, 0.717) is 17.8 Å². The van der Waals surface area contributed by atoms with Crippen molar-refractivity contribution in [2.45, 2.75) is 11.4 Å². The van der Waals surface area contributed by atoms with Gasteiger partial charge in [0.15, 0.2) is 0 Å². The average molecular weight is 420 g/mol. The van der Waals surface area contributed by atoms with E-state index in [1.54, 1.807) is 31.3 Å². The highest BCUT2D eigenvalue weighted by Crippen LogP contribution is 2.21. The van der Waals surface area contributed by atoms with Crippen molar-refractivity contribution < 1.29 is 12.8 Å². The fourth-order valence-electron chi connectivity index (χ4n) is 1.84. The first-order chi connectivity index (χ1) is 9.92. The number of nitrogens with one attached hydrogen (secondary N) is 2. The molecule has 0 unspecified atom stereocenters. The zero-order valence-electron chi connectivity index (χ0n) is 11.2. The van der Waals surface area contributed by atoms with Gasteiger partial charge in [-0.1, -0.05) is 12.1 Å². The number of hydrogen-bond donors (Lipinski definition) is 2. The first-order valence-corrected chi connectivity index (χ1v) is 8.70. The molecule has 0 heterocycles. The highest BCUT2D eigenvalue weighted by molar-refractivity contribution is 14.1. The Hall–Kier alpha value is -1.19. The molecule has 0 saturated carbocycles. The minimum atomic E-state index is -3.94. The molecule has 112 valence electrons. The van der Waals surface area contributed by atoms with Crippen molar-refractivity contribution in [2.75, 3.05) is 11.8 Å². The van der Waals surface area contributed by atoms with Gasteiger partial charge in [-0.3, -0.25) is 4.72 Å². The summed E-state index contributed by atoms with van der Waals surface area (Å²) >= 11 is 2.08. The van der Waals surface area contributed by atoms with Crippen LogP contribution in [0.1, 0.15) is 5.56 Å². The summed E-state index contributed by atoms with van der Waals surface area (Å²) in [7, 11) is -2.20. The fraction of sp³-hybridized carbons (Fsp3) is 0.143. The smallest absolute Gasteiger partial charge is 0.264 e. The lowest BCUT2D eigenvalue weighted by molar-refractivity contribution is 0.568. The Bertz CT molecular complexity index is 750. The molecule has 0 bridgehead atoms. The van der Waals surface area contributed by atoms with Crippen LogP contribution in [0.5, 0.6) is 0 Å². The Morgan fingerprint density at radius 3 is 2.57 bits per heavy atom. The normalized spacial score (nSPS) is 11.4. The van der Waals surface area contributed by atoms with Crippen LogP contribution in [-0.2, 0) is 16.6 Å². The van der Waals surface area contributed by atoms with E-state index in [0.717, 1.165) is 3.57 Å². The number of hydrogen-bond acceptors (Lipinski definition) is 3. The molecular formula is C14H14FIN2O2S. The van der Waals surface area contributed by atoms with Gasteiger partial charge >= 0.3 is 0 Å². The van der Waals surface area contributed by atoms with Crippen LogP contribution in [0.2, 0.25) is 0 Å². The second-order valence-electron chi connectivity index (χ2n) is 4.41. The quantitative estimate of drug-likeness (QED) is 0.732. The molecule has 0 aliphatic heterocycles. The standard InChI is InChI=1S/C14H14FIN2O2S/c1-17-9-10-5-6-14(13(15)7-10)21(19,20)18-12-4-2-3-11(16)8-12/h2-8,17-18H,9H2,1H3. The molecule has 0 aliphatic carbocycles. The molecule has 2 aromatic rings. The summed E-state index contributed by atoms with van der Waals surface area (Å²) in [6.07, 6.45) is 0. The Morgan fingerprint density at radius 1 is 1.19 bits per heavy atom. The number of benzene rings is 2. The van der Waals surface area contributed by atoms with Crippen LogP contribution >= 0.6 is 22.6 Å². The van der Waals surface area contributed by atoms with Crippen LogP contribution in [0.3, 0.4) is 0 Å². The molecular weight excluding hydrogens is 406 g/mol. The molecule has 0 aliphatic rings. The molecule has 2 rings (SSSR count). The summed E-state index contributed by atoms with van der Waals surface area (Å²) in [4.78, 5) is -0.360. The van der Waals surface area contributed by atoms with E-state index in [2.05, 4.69) is 32.6 Å². The van der Waals surface area contributed by atoms with Gasteiger partial charge in [-0.05, 0) is 65.5 Å². The molecule has 7 heteroatoms. The molecule has 0 radical (unpaired) electrons. The van der Waals surface area contributed by atoms with Crippen molar-refractivity contribution in [3.8, 4) is 0 Å². The highest BCUT2D eigenvalue weighted by atomic mass is 127. The Labute approximate surface area is 137 Å². The summed E-state index contributed by atoms with van der Waals surface area (Å²) in [5, 5.41) is 2.88. The molecule has 2 N–H and O–H groups in total. The Balaban J connectivity index is 2.31. The van der Waals surface area contributed by atoms with Crippen molar-refractivity contribution in [1.29, 1.82) is 0 Å². The Morgan fingerprint density at radius 2 is 1.95 bits per heavy atom. The fourth-order valence-corrected chi connectivity index (χ4v) is 3.49. The van der Waals surface area contributed by atoms with Crippen LogP contribution in [0.15, 0.2) is 47.4 Å². The minimum Gasteiger partial charge on any atom is -0.316 e. The average Bonchev–Trinajstić information content (AvgIpc) is 2.38. The van der Waals surface area contributed by atoms with E-state index in [1.807, 2.05) is 6.07 Å². The summed E-state index contributed by atoms with van der Waals surface area (Å²) in [5.41, 5.74) is 1.09. The van der Waals surface area contributed by atoms with Gasteiger partial charge in [0.2, 0.25) is 0 Å². The second-order valence-corrected chi connectivity index (χ2v) is 7.31. The molecule has 0 atom stereocenters. The largest absolute Gasteiger partial charge is 0.316 e. The van der Waals surface area contributed by atoms with Gasteiger partial charge in [-0.25, -0.2) is 12.8 Å². The Kier molecular flexibility index (Phi) is 5.17. The monoisotopic (exact) mass is 420 g/mol. The van der Waals surface area contributed by atoms with E-state index in [4.69, 9.17) is 0 Å². The maximum atomic E-state index is 14.0. The van der Waals surface area contributed by atoms with Crippen LogP contribution in [0.25, 0.3) is 0 Å². The summed E-state index contributed by atoms with van der Waals surface area (Å²) in [6.45, 7) is 0.474. The van der Waals surface area contributed by atoms with Crippen molar-refractivity contribution in [1.82, 2.24) is 5.32 Å². The third-order valence-corrected chi connectivity index (χ3v) is 4.83. The predicted octanol–water partition coefficient (Wildman–Crippen LogP) is 2.95. The topological polar surface area (TPSA) is 58.2 Å². The third-order valence-electron chi connectivity index (χ3n) is 2.74. The van der Waals surface area contributed by atoms with Gasteiger partial charge in [0.1, 0.15) is 10.7 Å². The number of sulfonamides is 1. The second kappa shape index (κ2) is 6.71. The van der Waals surface area contributed by atoms with Gasteiger partial charge < -0.3 is 5.32 Å². The molecule has 2 aromatic carbocycles. The maximum absolute atomic E-state index is 14.0. The van der Waals surface area contributed by atoms with Gasteiger partial charge in [-0.2, -0.15) is 0 Å². The van der Waals surface area contributed by atoms with E-state index in [-0.39, 0.29) is 4.90 Å². The lowest BCUT2D eigenvalue weighted by Crippen LogP contribution is -2.15. The summed E-state index contributed by atoms with van der Waals surface area (Å²) < 4.78 is 41.7. The molecule has 0 fully saturated rings. The van der Waals surface area contributed by atoms with Crippen molar-refractivity contribution >= 4 is 38.3 Å². The molecule has 4 nitrogen and oxygen atoms in total. The predicted molar refractivity (Wildman–Crippen MR) is 89.1 cm³/mol. The van der Waals surface area contributed by atoms with Crippen LogP contribution in [0, 0.1) is 9.39 Å². The van der Waals surface area contributed by atoms with Crippen LogP contribution in [-0.4, -0.2) is 15.5 Å². The first kappa shape index (κ1) is 16.2. The van der Waals surface area contributed by atoms with Crippen molar-refractivity contribution in [3.05, 3.63) is 57.4 Å². The molecule has 0 saturated heterocycles. The summed E-state index contributed by atoms with van der Waals surface area (Å²) in [6, 6.07) is 10.9. The van der Waals surface area contributed by atoms with Gasteiger partial charge in [0.25, 0.3) is 10.0 Å². The van der Waals surface area contributed by atoms with E-state index >= 15 is 0 Å². The minimum absolute atomic E-state index is 0.360. The van der Waals surface area contributed by atoms with Crippen molar-refractivity contribution in [3.63, 3.8) is 0 Å². The molecule has 0 amide bonds. The maximum Gasteiger partial charge on any atom is 0.264 e. The highest BCUT2D eigenvalue weighted by Gasteiger charge is 2.19. The van der Waals surface area contributed by atoms with Crippen LogP contribution in [0.4, 0.5) is 10.1 Å². The number of halogens is 2. The lowest BCUT2D eigenvalue weighted by atomic mass is 10.2. The van der Waals surface area contributed by atoms with E-state index in [9.17, 15) is 12.8 Å². The first-order valence-electron chi connectivity index (χ1n) is 6.14. The lowest BCUT2D eigenvalue weighted by Gasteiger charge is -2.10. The van der Waals surface area contributed by atoms with Crippen LogP contribution < -0.4 is 10.0 Å². The molecule has 0 aromatic heterocycles. The van der Waals surface area contributed by atoms with Gasteiger partial charge in [0, 0.05) is 15.8 Å². The van der Waals surface area contributed by atoms with Gasteiger partial charge in [0.05, 0.1) is 0 Å². The SMILES string of the molecule is CNCc1ccc(S(=O)(=O)Nc2cccc(I)c2)c(F)c1. The number of rotatable bonds is 5. The zero-order chi connectivity index (χ0) is 15.5. The zero-order valence-corrected chi connectivity index (χ0v) is 14.2.